The summed E-state index contributed by atoms with van der Waals surface area (Å²) in [4.78, 5) is 10.6. The fourth-order valence-electron chi connectivity index (χ4n) is 1.96. The van der Waals surface area contributed by atoms with Crippen LogP contribution in [-0.2, 0) is 13.1 Å². The van der Waals surface area contributed by atoms with Crippen LogP contribution in [0.4, 0.5) is 0 Å². The van der Waals surface area contributed by atoms with Crippen LogP contribution in [0.5, 0.6) is 0 Å². The molecule has 0 N–H and O–H groups in total. The van der Waals surface area contributed by atoms with Crippen molar-refractivity contribution >= 4 is 15.9 Å². The molecule has 0 amide bonds. The van der Waals surface area contributed by atoms with Crippen molar-refractivity contribution in [3.63, 3.8) is 0 Å². The molecule has 3 rings (SSSR count). The third-order valence-corrected chi connectivity index (χ3v) is 3.49. The van der Waals surface area contributed by atoms with E-state index in [0.717, 1.165) is 28.3 Å². The topological polar surface area (TPSA) is 55.1 Å². The van der Waals surface area contributed by atoms with E-state index in [1.807, 2.05) is 7.05 Å². The second-order valence-corrected chi connectivity index (χ2v) is 5.90. The van der Waals surface area contributed by atoms with E-state index in [9.17, 15) is 0 Å². The zero-order chi connectivity index (χ0) is 13.2. The Bertz CT molecular complexity index is 550. The first-order valence-electron chi connectivity index (χ1n) is 6.31. The van der Waals surface area contributed by atoms with Crippen molar-refractivity contribution in [2.45, 2.75) is 31.8 Å². The lowest BCUT2D eigenvalue weighted by molar-refractivity contribution is 0.261. The van der Waals surface area contributed by atoms with Gasteiger partial charge in [-0.3, -0.25) is 4.90 Å². The number of hydrogen-bond donors (Lipinski definition) is 0. The molecule has 0 aliphatic heterocycles. The molecule has 0 saturated heterocycles. The van der Waals surface area contributed by atoms with Crippen LogP contribution in [0.25, 0.3) is 0 Å². The van der Waals surface area contributed by atoms with E-state index >= 15 is 0 Å². The summed E-state index contributed by atoms with van der Waals surface area (Å²) in [7, 11) is 2.02. The minimum Gasteiger partial charge on any atom is -0.360 e. The molecule has 19 heavy (non-hydrogen) atoms. The highest BCUT2D eigenvalue weighted by Crippen LogP contribution is 2.39. The van der Waals surface area contributed by atoms with Crippen molar-refractivity contribution < 1.29 is 4.52 Å². The maximum atomic E-state index is 5.35. The normalized spacial score (nSPS) is 15.1. The van der Waals surface area contributed by atoms with E-state index in [2.05, 4.69) is 42.0 Å². The SMILES string of the molecule is CN(Cc1ncc(Br)cn1)Cc1cc(C2CC2)no1. The maximum absolute atomic E-state index is 5.35. The fourth-order valence-corrected chi connectivity index (χ4v) is 2.16. The Kier molecular flexibility index (Phi) is 3.61. The number of hydrogen-bond acceptors (Lipinski definition) is 5. The number of nitrogens with zero attached hydrogens (tertiary/aromatic N) is 4. The average Bonchev–Trinajstić information content (AvgIpc) is 3.14. The molecular weight excluding hydrogens is 308 g/mol. The minimum absolute atomic E-state index is 0.637. The highest BCUT2D eigenvalue weighted by Gasteiger charge is 2.27. The van der Waals surface area contributed by atoms with E-state index in [0.29, 0.717) is 12.5 Å². The molecule has 5 nitrogen and oxygen atoms in total. The molecule has 0 bridgehead atoms. The Morgan fingerprint density at radius 1 is 1.32 bits per heavy atom. The molecule has 1 saturated carbocycles. The van der Waals surface area contributed by atoms with Crippen molar-refractivity contribution in [1.82, 2.24) is 20.0 Å². The third-order valence-electron chi connectivity index (χ3n) is 3.08. The summed E-state index contributed by atoms with van der Waals surface area (Å²) in [6.45, 7) is 1.41. The van der Waals surface area contributed by atoms with E-state index in [1.54, 1.807) is 12.4 Å². The van der Waals surface area contributed by atoms with E-state index in [4.69, 9.17) is 4.52 Å². The molecule has 2 heterocycles. The van der Waals surface area contributed by atoms with Crippen molar-refractivity contribution in [2.75, 3.05) is 7.05 Å². The van der Waals surface area contributed by atoms with Gasteiger partial charge in [0.15, 0.2) is 5.76 Å². The second kappa shape index (κ2) is 5.38. The van der Waals surface area contributed by atoms with Gasteiger partial charge in [-0.2, -0.15) is 0 Å². The van der Waals surface area contributed by atoms with Crippen LogP contribution in [0, 0.1) is 0 Å². The molecule has 2 aromatic heterocycles. The minimum atomic E-state index is 0.637. The summed E-state index contributed by atoms with van der Waals surface area (Å²) in [6, 6.07) is 2.07. The molecule has 100 valence electrons. The van der Waals surface area contributed by atoms with Crippen molar-refractivity contribution in [3.8, 4) is 0 Å². The molecule has 2 aromatic rings. The largest absolute Gasteiger partial charge is 0.360 e. The lowest BCUT2D eigenvalue weighted by Crippen LogP contribution is -2.18. The molecule has 1 aliphatic rings. The van der Waals surface area contributed by atoms with Crippen molar-refractivity contribution in [3.05, 3.63) is 40.2 Å². The smallest absolute Gasteiger partial charge is 0.150 e. The summed E-state index contributed by atoms with van der Waals surface area (Å²) in [5.74, 6) is 2.34. The lowest BCUT2D eigenvalue weighted by Gasteiger charge is -2.13. The van der Waals surface area contributed by atoms with Crippen molar-refractivity contribution in [1.29, 1.82) is 0 Å². The van der Waals surface area contributed by atoms with Gasteiger partial charge in [-0.25, -0.2) is 9.97 Å². The van der Waals surface area contributed by atoms with Gasteiger partial charge in [-0.1, -0.05) is 5.16 Å². The summed E-state index contributed by atoms with van der Waals surface area (Å²) < 4.78 is 6.25. The molecule has 0 atom stereocenters. The van der Waals surface area contributed by atoms with Gasteiger partial charge >= 0.3 is 0 Å². The Morgan fingerprint density at radius 3 is 2.74 bits per heavy atom. The zero-order valence-electron chi connectivity index (χ0n) is 10.7. The predicted molar refractivity (Wildman–Crippen MR) is 73.4 cm³/mol. The number of aromatic nitrogens is 3. The summed E-state index contributed by atoms with van der Waals surface area (Å²) in [5, 5.41) is 4.11. The predicted octanol–water partition coefficient (Wildman–Crippen LogP) is 2.74. The maximum Gasteiger partial charge on any atom is 0.150 e. The molecule has 0 aromatic carbocycles. The monoisotopic (exact) mass is 322 g/mol. The van der Waals surface area contributed by atoms with Gasteiger partial charge in [0.2, 0.25) is 0 Å². The number of halogens is 1. The van der Waals surface area contributed by atoms with Gasteiger partial charge in [0.25, 0.3) is 0 Å². The molecule has 0 unspecified atom stereocenters. The molecule has 1 aliphatic carbocycles. The van der Waals surface area contributed by atoms with E-state index < -0.39 is 0 Å². The first-order valence-corrected chi connectivity index (χ1v) is 7.10. The quantitative estimate of drug-likeness (QED) is 0.847. The van der Waals surface area contributed by atoms with Gasteiger partial charge in [0.1, 0.15) is 5.82 Å². The third kappa shape index (κ3) is 3.39. The van der Waals surface area contributed by atoms with Crippen LogP contribution in [0.2, 0.25) is 0 Å². The standard InChI is InChI=1S/C13H15BrN4O/c1-18(8-13-15-5-10(14)6-16-13)7-11-4-12(17-19-11)9-2-3-9/h4-6,9H,2-3,7-8H2,1H3. The van der Waals surface area contributed by atoms with Gasteiger partial charge in [0.05, 0.1) is 23.3 Å². The lowest BCUT2D eigenvalue weighted by atomic mass is 10.2. The molecule has 0 radical (unpaired) electrons. The average molecular weight is 323 g/mol. The van der Waals surface area contributed by atoms with Crippen LogP contribution in [0.3, 0.4) is 0 Å². The van der Waals surface area contributed by atoms with Gasteiger partial charge in [-0.15, -0.1) is 0 Å². The summed E-state index contributed by atoms with van der Waals surface area (Å²) in [5.41, 5.74) is 1.10. The highest BCUT2D eigenvalue weighted by atomic mass is 79.9. The van der Waals surface area contributed by atoms with E-state index in [1.165, 1.54) is 12.8 Å². The van der Waals surface area contributed by atoms with Crippen molar-refractivity contribution in [2.24, 2.45) is 0 Å². The second-order valence-electron chi connectivity index (χ2n) is 4.98. The van der Waals surface area contributed by atoms with Crippen LogP contribution in [0.1, 0.15) is 36.0 Å². The molecule has 6 heteroatoms. The summed E-state index contributed by atoms with van der Waals surface area (Å²) >= 11 is 3.33. The van der Waals surface area contributed by atoms with Crippen LogP contribution in [-0.4, -0.2) is 27.1 Å². The van der Waals surface area contributed by atoms with E-state index in [-0.39, 0.29) is 0 Å². The van der Waals surface area contributed by atoms with Crippen LogP contribution >= 0.6 is 15.9 Å². The Labute approximate surface area is 120 Å². The van der Waals surface area contributed by atoms with Gasteiger partial charge < -0.3 is 4.52 Å². The van der Waals surface area contributed by atoms with Gasteiger partial charge in [-0.05, 0) is 35.8 Å². The Morgan fingerprint density at radius 2 is 2.05 bits per heavy atom. The number of rotatable bonds is 5. The van der Waals surface area contributed by atoms with Crippen LogP contribution in [0.15, 0.2) is 27.5 Å². The first-order chi connectivity index (χ1) is 9.20. The first kappa shape index (κ1) is 12.7. The fraction of sp³-hybridized carbons (Fsp3) is 0.462. The summed E-state index contributed by atoms with van der Waals surface area (Å²) in [6.07, 6.45) is 6.01. The highest BCUT2D eigenvalue weighted by molar-refractivity contribution is 9.10. The Balaban J connectivity index is 1.57. The van der Waals surface area contributed by atoms with Crippen LogP contribution < -0.4 is 0 Å². The van der Waals surface area contributed by atoms with Gasteiger partial charge in [0, 0.05) is 24.4 Å². The molecule has 1 fully saturated rings. The molecular formula is C13H15BrN4O. The Hall–Kier alpha value is -1.27. The zero-order valence-corrected chi connectivity index (χ0v) is 12.3. The molecule has 0 spiro atoms.